The van der Waals surface area contributed by atoms with Gasteiger partial charge < -0.3 is 15.5 Å². The molecule has 1 aliphatic rings. The third-order valence-corrected chi connectivity index (χ3v) is 3.48. The van der Waals surface area contributed by atoms with Gasteiger partial charge in [-0.25, -0.2) is 9.97 Å². The van der Waals surface area contributed by atoms with E-state index in [0.29, 0.717) is 12.6 Å². The Balaban J connectivity index is 2.00. The standard InChI is InChI=1S/C12H21N5/c1-16-5-3-11(4-6-16)17(2)12-14-8-10(7-13)9-15-12/h8-9,11H,3-7,13H2,1-2H3. The molecule has 0 radical (unpaired) electrons. The number of aromatic nitrogens is 2. The van der Waals surface area contributed by atoms with E-state index < -0.39 is 0 Å². The molecule has 17 heavy (non-hydrogen) atoms. The molecule has 1 aromatic rings. The van der Waals surface area contributed by atoms with E-state index >= 15 is 0 Å². The van der Waals surface area contributed by atoms with Gasteiger partial charge in [-0.2, -0.15) is 0 Å². The van der Waals surface area contributed by atoms with Crippen molar-refractivity contribution in [1.82, 2.24) is 14.9 Å². The molecule has 0 aromatic carbocycles. The summed E-state index contributed by atoms with van der Waals surface area (Å²) in [6.07, 6.45) is 5.98. The second-order valence-corrected chi connectivity index (χ2v) is 4.74. The van der Waals surface area contributed by atoms with Crippen molar-refractivity contribution in [2.24, 2.45) is 5.73 Å². The van der Waals surface area contributed by atoms with E-state index in [4.69, 9.17) is 5.73 Å². The number of anilines is 1. The third kappa shape index (κ3) is 2.92. The average molecular weight is 235 g/mol. The summed E-state index contributed by atoms with van der Waals surface area (Å²) in [5.41, 5.74) is 6.51. The van der Waals surface area contributed by atoms with Gasteiger partial charge in [-0.3, -0.25) is 0 Å². The number of hydrogen-bond donors (Lipinski definition) is 1. The van der Waals surface area contributed by atoms with Crippen molar-refractivity contribution in [3.05, 3.63) is 18.0 Å². The van der Waals surface area contributed by atoms with E-state index in [0.717, 1.165) is 24.6 Å². The second kappa shape index (κ2) is 5.42. The smallest absolute Gasteiger partial charge is 0.225 e. The van der Waals surface area contributed by atoms with Crippen LogP contribution in [0.2, 0.25) is 0 Å². The number of likely N-dealkylation sites (tertiary alicyclic amines) is 1. The summed E-state index contributed by atoms with van der Waals surface area (Å²) in [6, 6.07) is 0.551. The topological polar surface area (TPSA) is 58.3 Å². The molecule has 0 saturated carbocycles. The lowest BCUT2D eigenvalue weighted by Gasteiger charge is -2.35. The van der Waals surface area contributed by atoms with Crippen LogP contribution in [0.15, 0.2) is 12.4 Å². The van der Waals surface area contributed by atoms with Crippen molar-refractivity contribution in [2.45, 2.75) is 25.4 Å². The Labute approximate surface area is 103 Å². The molecule has 0 spiro atoms. The van der Waals surface area contributed by atoms with Crippen molar-refractivity contribution in [1.29, 1.82) is 0 Å². The molecule has 1 aliphatic heterocycles. The molecule has 5 heteroatoms. The van der Waals surface area contributed by atoms with E-state index in [-0.39, 0.29) is 0 Å². The van der Waals surface area contributed by atoms with Crippen LogP contribution in [0.25, 0.3) is 0 Å². The largest absolute Gasteiger partial charge is 0.341 e. The Kier molecular flexibility index (Phi) is 3.91. The fourth-order valence-corrected chi connectivity index (χ4v) is 2.18. The molecule has 0 unspecified atom stereocenters. The highest BCUT2D eigenvalue weighted by molar-refractivity contribution is 5.30. The molecule has 2 rings (SSSR count). The van der Waals surface area contributed by atoms with E-state index in [1.54, 1.807) is 0 Å². The Morgan fingerprint density at radius 1 is 1.35 bits per heavy atom. The van der Waals surface area contributed by atoms with Gasteiger partial charge >= 0.3 is 0 Å². The predicted octanol–water partition coefficient (Wildman–Crippen LogP) is 0.466. The Hall–Kier alpha value is -1.20. The number of piperidine rings is 1. The van der Waals surface area contributed by atoms with Gasteiger partial charge in [-0.05, 0) is 33.0 Å². The highest BCUT2D eigenvalue weighted by Crippen LogP contribution is 2.18. The first-order valence-electron chi connectivity index (χ1n) is 6.13. The minimum absolute atomic E-state index is 0.498. The van der Waals surface area contributed by atoms with Crippen molar-refractivity contribution >= 4 is 5.95 Å². The maximum atomic E-state index is 5.53. The van der Waals surface area contributed by atoms with Crippen molar-refractivity contribution in [2.75, 3.05) is 32.1 Å². The van der Waals surface area contributed by atoms with Crippen LogP contribution in [0.1, 0.15) is 18.4 Å². The summed E-state index contributed by atoms with van der Waals surface area (Å²) in [5.74, 6) is 0.803. The number of nitrogens with two attached hydrogens (primary N) is 1. The normalized spacial score (nSPS) is 18.3. The highest BCUT2D eigenvalue weighted by atomic mass is 15.3. The minimum Gasteiger partial charge on any atom is -0.341 e. The molecular weight excluding hydrogens is 214 g/mol. The van der Waals surface area contributed by atoms with Gasteiger partial charge in [0.25, 0.3) is 0 Å². The summed E-state index contributed by atoms with van der Waals surface area (Å²) in [5, 5.41) is 0. The molecule has 0 atom stereocenters. The van der Waals surface area contributed by atoms with Gasteiger partial charge in [0.05, 0.1) is 0 Å². The summed E-state index contributed by atoms with van der Waals surface area (Å²) in [6.45, 7) is 2.80. The van der Waals surface area contributed by atoms with E-state index in [2.05, 4.69) is 33.9 Å². The summed E-state index contributed by atoms with van der Waals surface area (Å²) < 4.78 is 0. The molecule has 0 amide bonds. The lowest BCUT2D eigenvalue weighted by atomic mass is 10.0. The van der Waals surface area contributed by atoms with E-state index in [1.807, 2.05) is 12.4 Å². The molecule has 2 N–H and O–H groups in total. The minimum atomic E-state index is 0.498. The zero-order valence-corrected chi connectivity index (χ0v) is 10.6. The monoisotopic (exact) mass is 235 g/mol. The van der Waals surface area contributed by atoms with Crippen LogP contribution in [-0.4, -0.2) is 48.1 Å². The Morgan fingerprint density at radius 2 is 1.94 bits per heavy atom. The lowest BCUT2D eigenvalue weighted by Crippen LogP contribution is -2.42. The Morgan fingerprint density at radius 3 is 2.47 bits per heavy atom. The first-order valence-corrected chi connectivity index (χ1v) is 6.13. The third-order valence-electron chi connectivity index (χ3n) is 3.48. The van der Waals surface area contributed by atoms with Gasteiger partial charge in [-0.1, -0.05) is 0 Å². The Bertz CT molecular complexity index is 342. The summed E-state index contributed by atoms with van der Waals surface area (Å²) in [4.78, 5) is 13.3. The zero-order valence-electron chi connectivity index (χ0n) is 10.6. The van der Waals surface area contributed by atoms with Crippen LogP contribution in [0.5, 0.6) is 0 Å². The highest BCUT2D eigenvalue weighted by Gasteiger charge is 2.21. The molecule has 1 aromatic heterocycles. The zero-order chi connectivity index (χ0) is 12.3. The van der Waals surface area contributed by atoms with E-state index in [1.165, 1.54) is 12.8 Å². The first-order chi connectivity index (χ1) is 8.20. The summed E-state index contributed by atoms with van der Waals surface area (Å²) in [7, 11) is 4.25. The summed E-state index contributed by atoms with van der Waals surface area (Å²) >= 11 is 0. The number of hydrogen-bond acceptors (Lipinski definition) is 5. The van der Waals surface area contributed by atoms with E-state index in [9.17, 15) is 0 Å². The van der Waals surface area contributed by atoms with Crippen LogP contribution >= 0.6 is 0 Å². The first kappa shape index (κ1) is 12.3. The maximum Gasteiger partial charge on any atom is 0.225 e. The van der Waals surface area contributed by atoms with Crippen molar-refractivity contribution in [3.63, 3.8) is 0 Å². The second-order valence-electron chi connectivity index (χ2n) is 4.74. The molecule has 0 aliphatic carbocycles. The van der Waals surface area contributed by atoms with Crippen molar-refractivity contribution in [3.8, 4) is 0 Å². The number of nitrogens with zero attached hydrogens (tertiary/aromatic N) is 4. The average Bonchev–Trinajstić information content (AvgIpc) is 2.39. The van der Waals surface area contributed by atoms with Crippen LogP contribution < -0.4 is 10.6 Å². The van der Waals surface area contributed by atoms with Crippen LogP contribution in [-0.2, 0) is 6.54 Å². The predicted molar refractivity (Wildman–Crippen MR) is 68.8 cm³/mol. The van der Waals surface area contributed by atoms with Gasteiger partial charge in [0.15, 0.2) is 0 Å². The van der Waals surface area contributed by atoms with Crippen LogP contribution in [0.3, 0.4) is 0 Å². The fourth-order valence-electron chi connectivity index (χ4n) is 2.18. The molecule has 1 saturated heterocycles. The van der Waals surface area contributed by atoms with Crippen LogP contribution in [0, 0.1) is 0 Å². The van der Waals surface area contributed by atoms with Gasteiger partial charge in [-0.15, -0.1) is 0 Å². The van der Waals surface area contributed by atoms with Gasteiger partial charge in [0.2, 0.25) is 5.95 Å². The molecule has 2 heterocycles. The quantitative estimate of drug-likeness (QED) is 0.825. The number of rotatable bonds is 3. The molecule has 5 nitrogen and oxygen atoms in total. The molecule has 0 bridgehead atoms. The van der Waals surface area contributed by atoms with Crippen molar-refractivity contribution < 1.29 is 0 Å². The fraction of sp³-hybridized carbons (Fsp3) is 0.667. The lowest BCUT2D eigenvalue weighted by molar-refractivity contribution is 0.252. The van der Waals surface area contributed by atoms with Gasteiger partial charge in [0, 0.05) is 37.6 Å². The molecular formula is C12H21N5. The van der Waals surface area contributed by atoms with Crippen LogP contribution in [0.4, 0.5) is 5.95 Å². The SMILES string of the molecule is CN1CCC(N(C)c2ncc(CN)cn2)CC1. The van der Waals surface area contributed by atoms with Gasteiger partial charge in [0.1, 0.15) is 0 Å². The molecule has 94 valence electrons. The molecule has 1 fully saturated rings. The maximum absolute atomic E-state index is 5.53.